The molecule has 0 saturated heterocycles. The zero-order valence-corrected chi connectivity index (χ0v) is 20.2. The third-order valence-electron chi connectivity index (χ3n) is 5.22. The number of nitrogens with one attached hydrogen (secondary N) is 1. The maximum atomic E-state index is 12.5. The van der Waals surface area contributed by atoms with Crippen LogP contribution in [0.4, 0.5) is 11.4 Å². The molecular weight excluding hydrogens is 476 g/mol. The number of hydrogen-bond donors (Lipinski definition) is 1. The highest BCUT2D eigenvalue weighted by Crippen LogP contribution is 2.33. The van der Waals surface area contributed by atoms with Gasteiger partial charge >= 0.3 is 0 Å². The average molecular weight is 501 g/mol. The minimum Gasteiger partial charge on any atom is -0.457 e. The summed E-state index contributed by atoms with van der Waals surface area (Å²) in [6.07, 6.45) is 0.170. The van der Waals surface area contributed by atoms with E-state index in [1.165, 1.54) is 12.1 Å². The van der Waals surface area contributed by atoms with Crippen molar-refractivity contribution >= 4 is 33.2 Å². The highest BCUT2D eigenvalue weighted by Gasteiger charge is 2.15. The number of carbonyl (C=O) groups is 1. The Morgan fingerprint density at radius 3 is 2.50 bits per heavy atom. The fraction of sp³-hybridized carbons (Fsp3) is 0.304. The van der Waals surface area contributed by atoms with E-state index in [2.05, 4.69) is 26.3 Å². The van der Waals surface area contributed by atoms with Crippen molar-refractivity contribution in [2.45, 2.75) is 47.6 Å². The predicted molar refractivity (Wildman–Crippen MR) is 126 cm³/mol. The number of non-ortho nitro benzene ring substituents is 1. The Morgan fingerprint density at radius 1 is 1.16 bits per heavy atom. The molecule has 168 valence electrons. The smallest absolute Gasteiger partial charge is 0.275 e. The van der Waals surface area contributed by atoms with Crippen LogP contribution in [0.2, 0.25) is 0 Å². The number of amides is 1. The van der Waals surface area contributed by atoms with Crippen molar-refractivity contribution in [2.24, 2.45) is 0 Å². The number of aromatic nitrogens is 2. The summed E-state index contributed by atoms with van der Waals surface area (Å²) in [6.45, 7) is 10.1. The van der Waals surface area contributed by atoms with Crippen LogP contribution in [0.25, 0.3) is 0 Å². The first kappa shape index (κ1) is 23.5. The Balaban J connectivity index is 1.79. The van der Waals surface area contributed by atoms with E-state index in [0.29, 0.717) is 18.0 Å². The number of aryl methyl sites for hydroxylation is 4. The number of rotatable bonds is 7. The molecule has 3 rings (SSSR count). The standard InChI is InChI=1S/C23H25BrN4O4/c1-13-8-14(2)15(3)21(9-13)32-20-11-18(10-19(12-20)28(30)31)25-22(29)6-7-27-17(5)23(24)16(4)26-27/h8-12H,6-7H2,1-5H3,(H,25,29). The molecule has 9 heteroatoms. The maximum absolute atomic E-state index is 12.5. The van der Waals surface area contributed by atoms with Crippen molar-refractivity contribution in [1.29, 1.82) is 0 Å². The monoisotopic (exact) mass is 500 g/mol. The number of hydrogen-bond acceptors (Lipinski definition) is 5. The van der Waals surface area contributed by atoms with Gasteiger partial charge in [-0.2, -0.15) is 5.10 Å². The number of nitro benzene ring substituents is 1. The topological polar surface area (TPSA) is 99.3 Å². The summed E-state index contributed by atoms with van der Waals surface area (Å²) in [5.41, 5.74) is 4.96. The molecule has 0 atom stereocenters. The van der Waals surface area contributed by atoms with Crippen molar-refractivity contribution in [3.05, 3.63) is 73.0 Å². The van der Waals surface area contributed by atoms with E-state index in [1.54, 1.807) is 10.7 Å². The fourth-order valence-corrected chi connectivity index (χ4v) is 3.66. The molecule has 0 bridgehead atoms. The molecule has 2 aromatic carbocycles. The lowest BCUT2D eigenvalue weighted by Gasteiger charge is -2.13. The number of halogens is 1. The van der Waals surface area contributed by atoms with E-state index in [4.69, 9.17) is 4.74 Å². The quantitative estimate of drug-likeness (QED) is 0.320. The Hall–Kier alpha value is -3.20. The van der Waals surface area contributed by atoms with E-state index in [9.17, 15) is 14.9 Å². The molecule has 0 fully saturated rings. The number of nitrogens with zero attached hydrogens (tertiary/aromatic N) is 3. The first-order chi connectivity index (χ1) is 15.0. The van der Waals surface area contributed by atoms with Crippen LogP contribution in [0, 0.1) is 44.7 Å². The van der Waals surface area contributed by atoms with Crippen LogP contribution in [0.1, 0.15) is 34.5 Å². The summed E-state index contributed by atoms with van der Waals surface area (Å²) in [6, 6.07) is 8.18. The highest BCUT2D eigenvalue weighted by molar-refractivity contribution is 9.10. The van der Waals surface area contributed by atoms with Gasteiger partial charge in [-0.05, 0) is 73.3 Å². The molecule has 1 aromatic heterocycles. The molecule has 3 aromatic rings. The van der Waals surface area contributed by atoms with Crippen molar-refractivity contribution < 1.29 is 14.5 Å². The highest BCUT2D eigenvalue weighted by atomic mass is 79.9. The molecule has 0 aliphatic carbocycles. The minimum atomic E-state index is -0.510. The molecule has 1 amide bonds. The van der Waals surface area contributed by atoms with Crippen LogP contribution in [-0.4, -0.2) is 20.6 Å². The van der Waals surface area contributed by atoms with Gasteiger partial charge in [0.2, 0.25) is 5.91 Å². The lowest BCUT2D eigenvalue weighted by molar-refractivity contribution is -0.384. The van der Waals surface area contributed by atoms with Gasteiger partial charge < -0.3 is 10.1 Å². The van der Waals surface area contributed by atoms with Gasteiger partial charge in [0.1, 0.15) is 11.5 Å². The molecule has 0 unspecified atom stereocenters. The van der Waals surface area contributed by atoms with Gasteiger partial charge in [-0.3, -0.25) is 19.6 Å². The van der Waals surface area contributed by atoms with Crippen LogP contribution in [0.5, 0.6) is 11.5 Å². The molecule has 0 aliphatic heterocycles. The van der Waals surface area contributed by atoms with Gasteiger partial charge in [-0.1, -0.05) is 6.07 Å². The number of anilines is 1. The van der Waals surface area contributed by atoms with E-state index in [-0.39, 0.29) is 23.8 Å². The summed E-state index contributed by atoms with van der Waals surface area (Å²) in [5, 5.41) is 18.5. The van der Waals surface area contributed by atoms with Gasteiger partial charge in [-0.25, -0.2) is 0 Å². The maximum Gasteiger partial charge on any atom is 0.275 e. The summed E-state index contributed by atoms with van der Waals surface area (Å²) >= 11 is 3.47. The number of benzene rings is 2. The summed E-state index contributed by atoms with van der Waals surface area (Å²) in [4.78, 5) is 23.4. The summed E-state index contributed by atoms with van der Waals surface area (Å²) < 4.78 is 8.64. The van der Waals surface area contributed by atoms with E-state index in [1.807, 2.05) is 46.8 Å². The van der Waals surface area contributed by atoms with Crippen LogP contribution >= 0.6 is 15.9 Å². The molecule has 0 saturated carbocycles. The normalized spacial score (nSPS) is 10.8. The molecule has 8 nitrogen and oxygen atoms in total. The van der Waals surface area contributed by atoms with Gasteiger partial charge in [0.25, 0.3) is 5.69 Å². The lowest BCUT2D eigenvalue weighted by Crippen LogP contribution is -2.15. The Kier molecular flexibility index (Phi) is 6.98. The first-order valence-electron chi connectivity index (χ1n) is 10.1. The van der Waals surface area contributed by atoms with Crippen LogP contribution in [0.3, 0.4) is 0 Å². The second-order valence-corrected chi connectivity index (χ2v) is 8.58. The van der Waals surface area contributed by atoms with E-state index in [0.717, 1.165) is 32.6 Å². The molecule has 0 spiro atoms. The van der Waals surface area contributed by atoms with Gasteiger partial charge in [0.15, 0.2) is 0 Å². The lowest BCUT2D eigenvalue weighted by atomic mass is 10.1. The largest absolute Gasteiger partial charge is 0.457 e. The van der Waals surface area contributed by atoms with Gasteiger partial charge in [-0.15, -0.1) is 0 Å². The number of nitro groups is 1. The summed E-state index contributed by atoms with van der Waals surface area (Å²) in [7, 11) is 0. The van der Waals surface area contributed by atoms with Crippen molar-refractivity contribution in [2.75, 3.05) is 5.32 Å². The van der Waals surface area contributed by atoms with Gasteiger partial charge in [0.05, 0.1) is 33.4 Å². The zero-order valence-electron chi connectivity index (χ0n) is 18.7. The van der Waals surface area contributed by atoms with Gasteiger partial charge in [0, 0.05) is 24.2 Å². The Morgan fingerprint density at radius 2 is 1.88 bits per heavy atom. The number of carbonyl (C=O) groups excluding carboxylic acids is 1. The third kappa shape index (κ3) is 5.34. The average Bonchev–Trinajstić information content (AvgIpc) is 2.96. The fourth-order valence-electron chi connectivity index (χ4n) is 3.38. The molecule has 0 aliphatic rings. The molecule has 1 N–H and O–H groups in total. The first-order valence-corrected chi connectivity index (χ1v) is 10.9. The van der Waals surface area contributed by atoms with E-state index >= 15 is 0 Å². The van der Waals surface area contributed by atoms with E-state index < -0.39 is 4.92 Å². The molecular formula is C23H25BrN4O4. The summed E-state index contributed by atoms with van der Waals surface area (Å²) in [5.74, 6) is 0.628. The second kappa shape index (κ2) is 9.52. The SMILES string of the molecule is Cc1cc(C)c(C)c(Oc2cc(NC(=O)CCn3nc(C)c(Br)c3C)cc([N+](=O)[O-])c2)c1. The van der Waals surface area contributed by atoms with Crippen molar-refractivity contribution in [3.63, 3.8) is 0 Å². The van der Waals surface area contributed by atoms with Crippen LogP contribution in [-0.2, 0) is 11.3 Å². The molecule has 0 radical (unpaired) electrons. The Bertz CT molecular complexity index is 1200. The zero-order chi connectivity index (χ0) is 23.6. The van der Waals surface area contributed by atoms with Crippen LogP contribution in [0.15, 0.2) is 34.8 Å². The Labute approximate surface area is 194 Å². The third-order valence-corrected chi connectivity index (χ3v) is 6.37. The minimum absolute atomic E-state index is 0.165. The number of ether oxygens (including phenoxy) is 1. The van der Waals surface area contributed by atoms with Crippen molar-refractivity contribution in [3.8, 4) is 11.5 Å². The predicted octanol–water partition coefficient (Wildman–Crippen LogP) is 5.92. The molecule has 1 heterocycles. The molecule has 32 heavy (non-hydrogen) atoms. The second-order valence-electron chi connectivity index (χ2n) is 7.79. The van der Waals surface area contributed by atoms with Crippen LogP contribution < -0.4 is 10.1 Å². The van der Waals surface area contributed by atoms with Crippen molar-refractivity contribution in [1.82, 2.24) is 9.78 Å².